The van der Waals surface area contributed by atoms with E-state index in [9.17, 15) is 0 Å². The first-order valence-electron chi connectivity index (χ1n) is 6.93. The zero-order valence-corrected chi connectivity index (χ0v) is 13.1. The molecule has 2 heterocycles. The van der Waals surface area contributed by atoms with Crippen LogP contribution in [-0.4, -0.2) is 40.6 Å². The lowest BCUT2D eigenvalue weighted by atomic mass is 9.98. The fourth-order valence-electron chi connectivity index (χ4n) is 2.53. The Hall–Kier alpha value is -2.08. The molecule has 0 spiro atoms. The summed E-state index contributed by atoms with van der Waals surface area (Å²) in [6.45, 7) is 7.09. The molecule has 0 fully saturated rings. The van der Waals surface area contributed by atoms with E-state index in [0.717, 1.165) is 17.9 Å². The van der Waals surface area contributed by atoms with Gasteiger partial charge in [0.15, 0.2) is 5.82 Å². The highest BCUT2D eigenvalue weighted by atomic mass is 16.5. The number of rotatable bonds is 5. The Morgan fingerprint density at radius 3 is 2.43 bits per heavy atom. The quantitative estimate of drug-likeness (QED) is 0.905. The van der Waals surface area contributed by atoms with Crippen LogP contribution < -0.4 is 10.1 Å². The van der Waals surface area contributed by atoms with Crippen LogP contribution >= 0.6 is 0 Å². The summed E-state index contributed by atoms with van der Waals surface area (Å²) < 4.78 is 5.12. The van der Waals surface area contributed by atoms with E-state index in [1.54, 1.807) is 13.2 Å². The van der Waals surface area contributed by atoms with Crippen LogP contribution in [0.3, 0.4) is 0 Å². The van der Waals surface area contributed by atoms with Crippen molar-refractivity contribution in [1.29, 1.82) is 0 Å². The molecular formula is C15H21N5O. The lowest BCUT2D eigenvalue weighted by Crippen LogP contribution is -2.17. The molecule has 1 atom stereocenters. The van der Waals surface area contributed by atoms with Gasteiger partial charge in [-0.2, -0.15) is 0 Å². The third kappa shape index (κ3) is 3.33. The normalized spacial score (nSPS) is 12.2. The summed E-state index contributed by atoms with van der Waals surface area (Å²) in [6.07, 6.45) is 1.46. The van der Waals surface area contributed by atoms with Gasteiger partial charge in [0, 0.05) is 24.0 Å². The Morgan fingerprint density at radius 2 is 1.86 bits per heavy atom. The number of aryl methyl sites for hydroxylation is 2. The standard InChI is InChI=1S/C15H21N5O/c1-9(7-16-4)14-10(2)19-15(20-11(14)3)12-6-13(21-5)18-8-17-12/h6,8-9,16H,7H2,1-5H3. The number of methoxy groups -OCH3 is 1. The van der Waals surface area contributed by atoms with E-state index in [1.165, 1.54) is 11.9 Å². The first-order valence-corrected chi connectivity index (χ1v) is 6.93. The zero-order chi connectivity index (χ0) is 15.4. The van der Waals surface area contributed by atoms with Gasteiger partial charge in [-0.3, -0.25) is 0 Å². The van der Waals surface area contributed by atoms with Crippen molar-refractivity contribution in [3.8, 4) is 17.4 Å². The molecule has 0 aliphatic heterocycles. The molecule has 2 rings (SSSR count). The molecule has 0 aliphatic carbocycles. The summed E-state index contributed by atoms with van der Waals surface area (Å²) in [4.78, 5) is 17.4. The van der Waals surface area contributed by atoms with Gasteiger partial charge in [-0.25, -0.2) is 19.9 Å². The molecule has 0 bridgehead atoms. The molecule has 6 heteroatoms. The van der Waals surface area contributed by atoms with E-state index in [1.807, 2.05) is 20.9 Å². The van der Waals surface area contributed by atoms with E-state index in [0.29, 0.717) is 23.3 Å². The highest BCUT2D eigenvalue weighted by Gasteiger charge is 2.16. The maximum absolute atomic E-state index is 5.12. The lowest BCUT2D eigenvalue weighted by Gasteiger charge is -2.16. The fraction of sp³-hybridized carbons (Fsp3) is 0.467. The van der Waals surface area contributed by atoms with Crippen molar-refractivity contribution in [1.82, 2.24) is 25.3 Å². The van der Waals surface area contributed by atoms with Crippen molar-refractivity contribution in [3.05, 3.63) is 29.3 Å². The topological polar surface area (TPSA) is 72.8 Å². The van der Waals surface area contributed by atoms with Crippen LogP contribution in [0, 0.1) is 13.8 Å². The predicted octanol–water partition coefficient (Wildman–Crippen LogP) is 1.88. The molecule has 0 saturated heterocycles. The van der Waals surface area contributed by atoms with Crippen LogP contribution in [0.1, 0.15) is 29.8 Å². The Balaban J connectivity index is 2.43. The van der Waals surface area contributed by atoms with Gasteiger partial charge < -0.3 is 10.1 Å². The smallest absolute Gasteiger partial charge is 0.216 e. The van der Waals surface area contributed by atoms with E-state index in [-0.39, 0.29) is 0 Å². The molecule has 2 aromatic heterocycles. The molecule has 0 saturated carbocycles. The van der Waals surface area contributed by atoms with Crippen LogP contribution in [0.25, 0.3) is 11.5 Å². The van der Waals surface area contributed by atoms with Gasteiger partial charge in [0.05, 0.1) is 7.11 Å². The SMILES string of the molecule is CNCC(C)c1c(C)nc(-c2cc(OC)ncn2)nc1C. The number of nitrogens with one attached hydrogen (secondary N) is 1. The summed E-state index contributed by atoms with van der Waals surface area (Å²) in [5.41, 5.74) is 3.82. The second-order valence-electron chi connectivity index (χ2n) is 5.04. The first kappa shape index (κ1) is 15.3. The molecular weight excluding hydrogens is 266 g/mol. The van der Waals surface area contributed by atoms with Crippen molar-refractivity contribution < 1.29 is 4.74 Å². The average Bonchev–Trinajstić information content (AvgIpc) is 2.47. The average molecular weight is 287 g/mol. The molecule has 112 valence electrons. The number of aromatic nitrogens is 4. The third-order valence-corrected chi connectivity index (χ3v) is 3.41. The highest BCUT2D eigenvalue weighted by molar-refractivity contribution is 5.51. The molecule has 6 nitrogen and oxygen atoms in total. The molecule has 1 N–H and O–H groups in total. The Labute approximate surface area is 125 Å². The van der Waals surface area contributed by atoms with Crippen molar-refractivity contribution >= 4 is 0 Å². The molecule has 0 amide bonds. The molecule has 0 aliphatic rings. The van der Waals surface area contributed by atoms with Crippen molar-refractivity contribution in [2.45, 2.75) is 26.7 Å². The minimum Gasteiger partial charge on any atom is -0.481 e. The number of ether oxygens (including phenoxy) is 1. The number of likely N-dealkylation sites (N-methyl/N-ethyl adjacent to an activating group) is 1. The van der Waals surface area contributed by atoms with Crippen molar-refractivity contribution in [2.24, 2.45) is 0 Å². The third-order valence-electron chi connectivity index (χ3n) is 3.41. The molecule has 0 aromatic carbocycles. The fourth-order valence-corrected chi connectivity index (χ4v) is 2.53. The second kappa shape index (κ2) is 6.58. The zero-order valence-electron chi connectivity index (χ0n) is 13.1. The highest BCUT2D eigenvalue weighted by Crippen LogP contribution is 2.24. The van der Waals surface area contributed by atoms with Gasteiger partial charge in [0.25, 0.3) is 0 Å². The van der Waals surface area contributed by atoms with Gasteiger partial charge in [-0.15, -0.1) is 0 Å². The van der Waals surface area contributed by atoms with Gasteiger partial charge in [-0.05, 0) is 32.4 Å². The number of nitrogens with zero attached hydrogens (tertiary/aromatic N) is 4. The molecule has 1 unspecified atom stereocenters. The Morgan fingerprint density at radius 1 is 1.19 bits per heavy atom. The summed E-state index contributed by atoms with van der Waals surface area (Å²) in [5.74, 6) is 1.47. The second-order valence-corrected chi connectivity index (χ2v) is 5.04. The first-order chi connectivity index (χ1) is 10.1. The van der Waals surface area contributed by atoms with Gasteiger partial charge >= 0.3 is 0 Å². The van der Waals surface area contributed by atoms with Gasteiger partial charge in [-0.1, -0.05) is 6.92 Å². The predicted molar refractivity (Wildman–Crippen MR) is 81.4 cm³/mol. The van der Waals surface area contributed by atoms with Crippen molar-refractivity contribution in [3.63, 3.8) is 0 Å². The van der Waals surface area contributed by atoms with E-state index >= 15 is 0 Å². The molecule has 0 radical (unpaired) electrons. The van der Waals surface area contributed by atoms with Crippen LogP contribution in [0.15, 0.2) is 12.4 Å². The van der Waals surface area contributed by atoms with E-state index in [2.05, 4.69) is 32.2 Å². The van der Waals surface area contributed by atoms with Crippen LogP contribution in [0.2, 0.25) is 0 Å². The lowest BCUT2D eigenvalue weighted by molar-refractivity contribution is 0.397. The largest absolute Gasteiger partial charge is 0.481 e. The van der Waals surface area contributed by atoms with Crippen LogP contribution in [0.5, 0.6) is 5.88 Å². The van der Waals surface area contributed by atoms with Crippen molar-refractivity contribution in [2.75, 3.05) is 20.7 Å². The summed E-state index contributed by atoms with van der Waals surface area (Å²) in [6, 6.07) is 1.74. The minimum absolute atomic E-state index is 0.365. The van der Waals surface area contributed by atoms with Gasteiger partial charge in [0.2, 0.25) is 5.88 Å². The number of hydrogen-bond donors (Lipinski definition) is 1. The Kier molecular flexibility index (Phi) is 4.80. The summed E-state index contributed by atoms with van der Waals surface area (Å²) in [5, 5.41) is 3.19. The minimum atomic E-state index is 0.365. The molecule has 21 heavy (non-hydrogen) atoms. The summed E-state index contributed by atoms with van der Waals surface area (Å²) >= 11 is 0. The van der Waals surface area contributed by atoms with Gasteiger partial charge in [0.1, 0.15) is 12.0 Å². The summed E-state index contributed by atoms with van der Waals surface area (Å²) in [7, 11) is 3.52. The van der Waals surface area contributed by atoms with E-state index in [4.69, 9.17) is 4.74 Å². The van der Waals surface area contributed by atoms with Crippen LogP contribution in [-0.2, 0) is 0 Å². The maximum atomic E-state index is 5.12. The van der Waals surface area contributed by atoms with Crippen LogP contribution in [0.4, 0.5) is 0 Å². The maximum Gasteiger partial charge on any atom is 0.216 e. The number of hydrogen-bond acceptors (Lipinski definition) is 6. The Bertz CT molecular complexity index is 606. The van der Waals surface area contributed by atoms with E-state index < -0.39 is 0 Å². The monoisotopic (exact) mass is 287 g/mol. The molecule has 2 aromatic rings.